The van der Waals surface area contributed by atoms with Crippen LogP contribution in [0.25, 0.3) is 0 Å². The Hall–Kier alpha value is -2.55. The third-order valence-electron chi connectivity index (χ3n) is 4.55. The molecular weight excluding hydrogens is 495 g/mol. The number of imidazole rings is 1. The molecule has 0 saturated carbocycles. The van der Waals surface area contributed by atoms with Gasteiger partial charge in [-0.25, -0.2) is 0 Å². The van der Waals surface area contributed by atoms with E-state index < -0.39 is 25.9 Å². The molecule has 6 nitrogen and oxygen atoms in total. The number of phenolic OH excluding ortho intramolecular Hbond substituents is 2. The summed E-state index contributed by atoms with van der Waals surface area (Å²) in [6.45, 7) is 7.62. The summed E-state index contributed by atoms with van der Waals surface area (Å²) < 4.78 is 10.00. The van der Waals surface area contributed by atoms with Crippen LogP contribution in [0.4, 0.5) is 0 Å². The number of hydrogen-bond acceptors (Lipinski definition) is 5. The van der Waals surface area contributed by atoms with Crippen molar-refractivity contribution >= 4 is 25.8 Å². The van der Waals surface area contributed by atoms with Gasteiger partial charge in [0.05, 0.1) is 0 Å². The Morgan fingerprint density at radius 2 is 1.50 bits per heavy atom. The molecule has 2 aromatic carbocycles. The number of esters is 1. The van der Waals surface area contributed by atoms with E-state index in [4.69, 9.17) is 4.74 Å². The second kappa shape index (κ2) is 9.07. The van der Waals surface area contributed by atoms with E-state index in [1.165, 1.54) is 6.92 Å². The van der Waals surface area contributed by atoms with Crippen molar-refractivity contribution in [2.45, 2.75) is 37.8 Å². The molecule has 0 aliphatic heterocycles. The van der Waals surface area contributed by atoms with Gasteiger partial charge in [0, 0.05) is 0 Å². The molecule has 0 saturated heterocycles. The summed E-state index contributed by atoms with van der Waals surface area (Å²) in [5.74, 6) is 0.0749. The number of carbonyl (C=O) groups excluding carboxylic acids is 1. The number of aromatic nitrogens is 2. The molecule has 0 aliphatic carbocycles. The number of halogens is 1. The fraction of sp³-hybridized carbons (Fsp3) is 0.304. The van der Waals surface area contributed by atoms with E-state index in [-0.39, 0.29) is 26.9 Å². The van der Waals surface area contributed by atoms with E-state index in [9.17, 15) is 15.0 Å². The number of aromatic hydroxyl groups is 2. The minimum absolute atomic E-state index is 0.158. The first-order valence-corrected chi connectivity index (χ1v) is 13.0. The number of carbonyl (C=O) groups is 1. The summed E-state index contributed by atoms with van der Waals surface area (Å²) in [6.07, 6.45) is 4.98. The van der Waals surface area contributed by atoms with Crippen LogP contribution < -0.4 is 0 Å². The third-order valence-corrected chi connectivity index (χ3v) is 11.2. The predicted molar refractivity (Wildman–Crippen MR) is 124 cm³/mol. The van der Waals surface area contributed by atoms with Crippen LogP contribution in [0.2, 0.25) is 0 Å². The molecule has 0 radical (unpaired) electrons. The normalized spacial score (nSPS) is 14.1. The second-order valence-corrected chi connectivity index (χ2v) is 13.6. The molecule has 1 aromatic heterocycles. The number of phenols is 2. The molecule has 160 valence electrons. The summed E-state index contributed by atoms with van der Waals surface area (Å²) in [7, 11) is 0. The van der Waals surface area contributed by atoms with Gasteiger partial charge >= 0.3 is 184 Å². The van der Waals surface area contributed by atoms with Crippen LogP contribution in [0.15, 0.2) is 67.3 Å². The number of nitrogens with zero attached hydrogens (tertiary/aromatic N) is 2. The van der Waals surface area contributed by atoms with Crippen molar-refractivity contribution in [1.29, 1.82) is 0 Å². The van der Waals surface area contributed by atoms with Crippen molar-refractivity contribution in [2.75, 3.05) is 0 Å². The van der Waals surface area contributed by atoms with Crippen molar-refractivity contribution in [3.05, 3.63) is 74.4 Å². The number of alkyl halides is 1. The van der Waals surface area contributed by atoms with E-state index in [0.717, 1.165) is 7.14 Å². The van der Waals surface area contributed by atoms with E-state index in [0.29, 0.717) is 0 Å². The maximum atomic E-state index is 12.1. The monoisotopic (exact) mass is 522 g/mol. The molecule has 0 spiro atoms. The van der Waals surface area contributed by atoms with Gasteiger partial charge in [-0.05, 0) is 0 Å². The Morgan fingerprint density at radius 1 is 1.00 bits per heavy atom. The fourth-order valence-electron chi connectivity index (χ4n) is 3.16. The van der Waals surface area contributed by atoms with Crippen LogP contribution in [0.1, 0.15) is 31.7 Å². The van der Waals surface area contributed by atoms with Gasteiger partial charge < -0.3 is 0 Å². The molecule has 7 heteroatoms. The zero-order valence-electron chi connectivity index (χ0n) is 17.5. The van der Waals surface area contributed by atoms with Gasteiger partial charge in [0.25, 0.3) is 0 Å². The first-order chi connectivity index (χ1) is 14.2. The molecular formula is C23H27IN2O4. The second-order valence-electron chi connectivity index (χ2n) is 8.04. The van der Waals surface area contributed by atoms with E-state index in [2.05, 4.69) is 25.8 Å². The molecule has 30 heavy (non-hydrogen) atoms. The van der Waals surface area contributed by atoms with Crippen LogP contribution in [0, 0.1) is 12.6 Å². The van der Waals surface area contributed by atoms with Crippen LogP contribution in [0.5, 0.6) is 11.5 Å². The van der Waals surface area contributed by atoms with Gasteiger partial charge in [-0.3, -0.25) is 0 Å². The third kappa shape index (κ3) is 5.13. The molecule has 0 bridgehead atoms. The van der Waals surface area contributed by atoms with E-state index >= 15 is 0 Å². The molecule has 3 rings (SSSR count). The SMILES string of the molecule is CC(=O)OC(C(n1ccnc1)I(c1ccc(O)cc1)c1ccc(O)cc1)C(C)(C)C. The van der Waals surface area contributed by atoms with Crippen LogP contribution in [0.3, 0.4) is 0 Å². The average Bonchev–Trinajstić information content (AvgIpc) is 3.20. The molecule has 3 aromatic rings. The molecule has 0 fully saturated rings. The van der Waals surface area contributed by atoms with Crippen molar-refractivity contribution in [1.82, 2.24) is 9.55 Å². The molecule has 2 N–H and O–H groups in total. The summed E-state index contributed by atoms with van der Waals surface area (Å²) in [6, 6.07) is 14.5. The summed E-state index contributed by atoms with van der Waals surface area (Å²) >= 11 is -2.33. The summed E-state index contributed by atoms with van der Waals surface area (Å²) in [5.41, 5.74) is -0.329. The van der Waals surface area contributed by atoms with Crippen LogP contribution >= 0.6 is 19.8 Å². The number of ether oxygens (including phenoxy) is 1. The first kappa shape index (κ1) is 22.1. The topological polar surface area (TPSA) is 84.6 Å². The molecule has 1 heterocycles. The Labute approximate surface area is 183 Å². The Bertz CT molecular complexity index is 918. The van der Waals surface area contributed by atoms with Gasteiger partial charge in [-0.1, -0.05) is 0 Å². The molecule has 0 aliphatic rings. The first-order valence-electron chi connectivity index (χ1n) is 9.58. The van der Waals surface area contributed by atoms with Crippen molar-refractivity contribution in [3.63, 3.8) is 0 Å². The van der Waals surface area contributed by atoms with Gasteiger partial charge in [0.1, 0.15) is 0 Å². The van der Waals surface area contributed by atoms with Gasteiger partial charge in [0.2, 0.25) is 0 Å². The Morgan fingerprint density at radius 3 is 1.87 bits per heavy atom. The fourth-order valence-corrected chi connectivity index (χ4v) is 10.5. The summed E-state index contributed by atoms with van der Waals surface area (Å²) in [4.78, 5) is 16.3. The van der Waals surface area contributed by atoms with E-state index in [1.54, 1.807) is 36.8 Å². The minimum atomic E-state index is -2.33. The summed E-state index contributed by atoms with van der Waals surface area (Å²) in [5, 5.41) is 19.7. The van der Waals surface area contributed by atoms with Crippen LogP contribution in [-0.2, 0) is 9.53 Å². The van der Waals surface area contributed by atoms with Crippen molar-refractivity contribution < 1.29 is 19.7 Å². The quantitative estimate of drug-likeness (QED) is 0.270. The number of benzene rings is 2. The van der Waals surface area contributed by atoms with E-state index in [1.807, 2.05) is 35.0 Å². The Balaban J connectivity index is 2.24. The molecule has 2 atom stereocenters. The predicted octanol–water partition coefficient (Wildman–Crippen LogP) is 5.02. The maximum absolute atomic E-state index is 12.1. The van der Waals surface area contributed by atoms with Gasteiger partial charge in [0.15, 0.2) is 0 Å². The van der Waals surface area contributed by atoms with Crippen LogP contribution in [-0.4, -0.2) is 31.8 Å². The van der Waals surface area contributed by atoms with Crippen molar-refractivity contribution in [3.8, 4) is 11.5 Å². The zero-order valence-corrected chi connectivity index (χ0v) is 19.6. The average molecular weight is 522 g/mol. The van der Waals surface area contributed by atoms with Gasteiger partial charge in [-0.2, -0.15) is 0 Å². The number of rotatable bonds is 6. The van der Waals surface area contributed by atoms with Crippen molar-refractivity contribution in [2.24, 2.45) is 5.41 Å². The molecule has 2 unspecified atom stereocenters. The number of hydrogen-bond donors (Lipinski definition) is 2. The van der Waals surface area contributed by atoms with Gasteiger partial charge in [-0.15, -0.1) is 0 Å². The Kier molecular flexibility index (Phi) is 6.70. The molecule has 0 amide bonds. The standard InChI is InChI=1S/C23H27IN2O4/c1-16(27)30-21(23(2,3)4)22(26-14-13-25-15-26)24(17-5-9-19(28)10-6-17)18-7-11-20(29)12-8-18/h5-15,21-22,28-29H,1-4H3. The zero-order chi connectivity index (χ0) is 21.9.